The first-order valence-electron chi connectivity index (χ1n) is 24.1. The number of anilines is 9. The van der Waals surface area contributed by atoms with Gasteiger partial charge in [-0.3, -0.25) is 0 Å². The molecule has 0 fully saturated rings. The molecule has 10 aromatic carbocycles. The molecule has 0 unspecified atom stereocenters. The third-order valence-electron chi connectivity index (χ3n) is 14.4. The van der Waals surface area contributed by atoms with Gasteiger partial charge in [-0.05, 0) is 138 Å². The van der Waals surface area contributed by atoms with Crippen molar-refractivity contribution in [3.8, 4) is 0 Å². The van der Waals surface area contributed by atoms with E-state index in [4.69, 9.17) is 0 Å². The van der Waals surface area contributed by atoms with E-state index in [9.17, 15) is 0 Å². The highest BCUT2D eigenvalue weighted by molar-refractivity contribution is 7.19. The van der Waals surface area contributed by atoms with E-state index in [1.807, 2.05) is 0 Å². The minimum atomic E-state index is -2.76. The van der Waals surface area contributed by atoms with Crippen LogP contribution in [0.2, 0.25) is 0 Å². The number of hydrogen-bond donors (Lipinski definition) is 0. The molecule has 0 aliphatic carbocycles. The van der Waals surface area contributed by atoms with Crippen molar-refractivity contribution in [2.24, 2.45) is 0 Å². The Labute approximate surface area is 408 Å². The molecule has 0 saturated heterocycles. The van der Waals surface area contributed by atoms with Crippen molar-refractivity contribution in [3.05, 3.63) is 265 Å². The topological polar surface area (TPSA) is 9.72 Å². The Bertz CT molecular complexity index is 3250. The highest BCUT2D eigenvalue weighted by Crippen LogP contribution is 2.48. The lowest BCUT2D eigenvalue weighted by atomic mass is 9.33. The number of benzene rings is 10. The average Bonchev–Trinajstić information content (AvgIpc) is 3.39. The summed E-state index contributed by atoms with van der Waals surface area (Å²) in [5.74, 6) is 0. The van der Waals surface area contributed by atoms with E-state index in [0.29, 0.717) is 0 Å². The van der Waals surface area contributed by atoms with Crippen molar-refractivity contribution in [1.29, 1.82) is 0 Å². The fourth-order valence-electron chi connectivity index (χ4n) is 11.3. The van der Waals surface area contributed by atoms with Gasteiger partial charge < -0.3 is 14.7 Å². The fraction of sp³-hybridized carbons (Fsp3) is 0.0625. The summed E-state index contributed by atoms with van der Waals surface area (Å²) in [5.41, 5.74) is 19.3. The molecule has 2 aliphatic heterocycles. The van der Waals surface area contributed by atoms with Crippen LogP contribution in [-0.4, -0.2) is 14.8 Å². The minimum absolute atomic E-state index is 0.0220. The number of aryl methyl sites for hydroxylation is 4. The van der Waals surface area contributed by atoms with E-state index in [2.05, 4.69) is 285 Å². The van der Waals surface area contributed by atoms with Gasteiger partial charge >= 0.3 is 0 Å². The molecule has 330 valence electrons. The molecular formula is C64H52BN3Si. The molecule has 2 aliphatic rings. The summed E-state index contributed by atoms with van der Waals surface area (Å²) in [5, 5.41) is 5.41. The smallest absolute Gasteiger partial charge is 0.252 e. The molecule has 5 heteroatoms. The Kier molecular flexibility index (Phi) is 10.5. The van der Waals surface area contributed by atoms with Crippen molar-refractivity contribution < 1.29 is 0 Å². The molecular weight excluding hydrogens is 850 g/mol. The summed E-state index contributed by atoms with van der Waals surface area (Å²) in [4.78, 5) is 7.50. The van der Waals surface area contributed by atoms with Crippen LogP contribution in [0.1, 0.15) is 22.3 Å². The zero-order valence-electron chi connectivity index (χ0n) is 39.5. The van der Waals surface area contributed by atoms with Crippen molar-refractivity contribution >= 4 is 103 Å². The van der Waals surface area contributed by atoms with Gasteiger partial charge in [0.1, 0.15) is 0 Å². The van der Waals surface area contributed by atoms with Crippen molar-refractivity contribution in [2.75, 3.05) is 14.7 Å². The lowest BCUT2D eigenvalue weighted by molar-refractivity contribution is 1.22. The third kappa shape index (κ3) is 7.12. The Hall–Kier alpha value is -8.12. The van der Waals surface area contributed by atoms with Crippen LogP contribution in [0.5, 0.6) is 0 Å². The van der Waals surface area contributed by atoms with E-state index >= 15 is 0 Å². The first-order chi connectivity index (χ1) is 33.9. The first-order valence-corrected chi connectivity index (χ1v) is 26.1. The van der Waals surface area contributed by atoms with Crippen LogP contribution in [-0.2, 0) is 0 Å². The van der Waals surface area contributed by atoms with Crippen molar-refractivity contribution in [2.45, 2.75) is 27.7 Å². The van der Waals surface area contributed by atoms with Gasteiger partial charge in [0.25, 0.3) is 6.71 Å². The second-order valence-corrected chi connectivity index (χ2v) is 22.7. The van der Waals surface area contributed by atoms with Crippen molar-refractivity contribution in [3.63, 3.8) is 0 Å². The molecule has 12 rings (SSSR count). The molecule has 0 aromatic heterocycles. The Morgan fingerprint density at radius 2 is 0.681 bits per heavy atom. The molecule has 2 heterocycles. The van der Waals surface area contributed by atoms with Crippen LogP contribution >= 0.6 is 0 Å². The lowest BCUT2D eigenvalue weighted by Crippen LogP contribution is -2.74. The lowest BCUT2D eigenvalue weighted by Gasteiger charge is -2.45. The van der Waals surface area contributed by atoms with Crippen LogP contribution in [0.4, 0.5) is 51.2 Å². The SMILES string of the molecule is Cc1ccc(N2c3ccc(C)cc3B3c4cc(C)ccc4N(c4ccc(C)cc4)c4cc(N(c5ccccc5)c5ccc([Si](c6ccccc6)(c6ccccc6)c6ccccc6)cc5)cc2c43)cc1. The molecule has 0 atom stereocenters. The number of nitrogens with zero attached hydrogens (tertiary/aromatic N) is 3. The number of fused-ring (bicyclic) bond motifs is 4. The maximum Gasteiger partial charge on any atom is 0.252 e. The number of hydrogen-bond acceptors (Lipinski definition) is 3. The van der Waals surface area contributed by atoms with Gasteiger partial charge in [-0.25, -0.2) is 0 Å². The van der Waals surface area contributed by atoms with Gasteiger partial charge in [-0.2, -0.15) is 0 Å². The van der Waals surface area contributed by atoms with Crippen LogP contribution in [0, 0.1) is 27.7 Å². The standard InChI is InChI=1S/C64H52BN3Si/c1-45-25-31-51(32-26-45)67-60-39-29-47(3)41-58(60)65-59-42-48(4)30-40-61(59)68(52-33-27-46(2)28-34-52)63-44-53(43-62(67)64(63)65)66(49-17-9-5-10-18-49)50-35-37-57(38-36-50)69(54-19-11-6-12-20-54,55-21-13-7-14-22-55)56-23-15-8-16-24-56/h5-44H,1-4H3. The zero-order chi connectivity index (χ0) is 46.6. The van der Waals surface area contributed by atoms with Gasteiger partial charge in [-0.1, -0.05) is 192 Å². The maximum atomic E-state index is 2.52. The predicted molar refractivity (Wildman–Crippen MR) is 298 cm³/mol. The van der Waals surface area contributed by atoms with Gasteiger partial charge in [0, 0.05) is 45.5 Å². The molecule has 0 amide bonds. The van der Waals surface area contributed by atoms with E-state index in [-0.39, 0.29) is 6.71 Å². The maximum absolute atomic E-state index is 2.76. The van der Waals surface area contributed by atoms with E-state index in [1.54, 1.807) is 0 Å². The quantitative estimate of drug-likeness (QED) is 0.106. The number of para-hydroxylation sites is 1. The van der Waals surface area contributed by atoms with Gasteiger partial charge in [-0.15, -0.1) is 0 Å². The summed E-state index contributed by atoms with van der Waals surface area (Å²) in [6, 6.07) is 91.1. The van der Waals surface area contributed by atoms with Crippen LogP contribution in [0.3, 0.4) is 0 Å². The third-order valence-corrected chi connectivity index (χ3v) is 19.2. The summed E-state index contributed by atoms with van der Waals surface area (Å²) in [6.45, 7) is 8.81. The molecule has 0 bridgehead atoms. The van der Waals surface area contributed by atoms with E-state index < -0.39 is 8.07 Å². The highest BCUT2D eigenvalue weighted by atomic mass is 28.3. The molecule has 0 radical (unpaired) electrons. The highest BCUT2D eigenvalue weighted by Gasteiger charge is 2.45. The molecule has 10 aromatic rings. The van der Waals surface area contributed by atoms with Gasteiger partial charge in [0.15, 0.2) is 8.07 Å². The zero-order valence-corrected chi connectivity index (χ0v) is 40.5. The summed E-state index contributed by atoms with van der Waals surface area (Å²) in [6.07, 6.45) is 0. The molecule has 0 spiro atoms. The van der Waals surface area contributed by atoms with Crippen molar-refractivity contribution in [1.82, 2.24) is 0 Å². The van der Waals surface area contributed by atoms with Gasteiger partial charge in [0.05, 0.1) is 5.69 Å². The largest absolute Gasteiger partial charge is 0.311 e. The first kappa shape index (κ1) is 42.3. The summed E-state index contributed by atoms with van der Waals surface area (Å²) < 4.78 is 0. The summed E-state index contributed by atoms with van der Waals surface area (Å²) >= 11 is 0. The fourth-order valence-corrected chi connectivity index (χ4v) is 16.0. The Balaban J connectivity index is 1.13. The minimum Gasteiger partial charge on any atom is -0.311 e. The Morgan fingerprint density at radius 1 is 0.319 bits per heavy atom. The normalized spacial score (nSPS) is 12.6. The van der Waals surface area contributed by atoms with Crippen LogP contribution < -0.4 is 51.8 Å². The van der Waals surface area contributed by atoms with Gasteiger partial charge in [0.2, 0.25) is 0 Å². The molecule has 3 nitrogen and oxygen atoms in total. The van der Waals surface area contributed by atoms with E-state index in [0.717, 1.165) is 28.4 Å². The van der Waals surface area contributed by atoms with Crippen LogP contribution in [0.25, 0.3) is 0 Å². The average molecular weight is 902 g/mol. The van der Waals surface area contributed by atoms with Crippen LogP contribution in [0.15, 0.2) is 243 Å². The monoisotopic (exact) mass is 901 g/mol. The molecule has 0 N–H and O–H groups in total. The second-order valence-electron chi connectivity index (χ2n) is 18.9. The number of rotatable bonds is 9. The molecule has 0 saturated carbocycles. The second kappa shape index (κ2) is 17.2. The predicted octanol–water partition coefficient (Wildman–Crippen LogP) is 11.9. The molecule has 69 heavy (non-hydrogen) atoms. The van der Waals surface area contributed by atoms with E-state index in [1.165, 1.54) is 82.1 Å². The summed E-state index contributed by atoms with van der Waals surface area (Å²) in [7, 11) is -2.76. The Morgan fingerprint density at radius 3 is 1.10 bits per heavy atom.